The second kappa shape index (κ2) is 10.1. The van der Waals surface area contributed by atoms with Crippen LogP contribution in [0.15, 0.2) is 66.9 Å². The molecule has 0 unspecified atom stereocenters. The highest BCUT2D eigenvalue weighted by molar-refractivity contribution is 5.91. The maximum atomic E-state index is 12.0. The van der Waals surface area contributed by atoms with Crippen LogP contribution in [0, 0.1) is 6.92 Å². The Labute approximate surface area is 170 Å². The molecule has 1 aromatic heterocycles. The lowest BCUT2D eigenvalue weighted by atomic mass is 10.1. The Morgan fingerprint density at radius 2 is 1.69 bits per heavy atom. The molecular weight excluding hydrogens is 366 g/mol. The van der Waals surface area contributed by atoms with Gasteiger partial charge in [-0.25, -0.2) is 4.98 Å². The van der Waals surface area contributed by atoms with Crippen LogP contribution in [0.5, 0.6) is 11.5 Å². The van der Waals surface area contributed by atoms with Gasteiger partial charge < -0.3 is 20.1 Å². The second-order valence-electron chi connectivity index (χ2n) is 6.61. The van der Waals surface area contributed by atoms with E-state index in [0.29, 0.717) is 11.6 Å². The van der Waals surface area contributed by atoms with E-state index in [4.69, 9.17) is 9.47 Å². The predicted molar refractivity (Wildman–Crippen MR) is 115 cm³/mol. The maximum absolute atomic E-state index is 12.0. The highest BCUT2D eigenvalue weighted by Crippen LogP contribution is 2.14. The van der Waals surface area contributed by atoms with Gasteiger partial charge in [-0.3, -0.25) is 4.79 Å². The van der Waals surface area contributed by atoms with Crippen molar-refractivity contribution in [3.63, 3.8) is 0 Å². The van der Waals surface area contributed by atoms with Gasteiger partial charge in [0, 0.05) is 6.54 Å². The number of anilines is 2. The number of methoxy groups -OCH3 is 1. The summed E-state index contributed by atoms with van der Waals surface area (Å²) in [5.74, 6) is 1.75. The van der Waals surface area contributed by atoms with E-state index in [1.807, 2.05) is 49.4 Å². The summed E-state index contributed by atoms with van der Waals surface area (Å²) in [4.78, 5) is 16.3. The van der Waals surface area contributed by atoms with Gasteiger partial charge in [0.1, 0.15) is 17.3 Å². The number of rotatable bonds is 9. The van der Waals surface area contributed by atoms with Crippen molar-refractivity contribution in [3.05, 3.63) is 78.0 Å². The van der Waals surface area contributed by atoms with Crippen LogP contribution in [-0.2, 0) is 11.2 Å². The first-order valence-corrected chi connectivity index (χ1v) is 9.44. The second-order valence-corrected chi connectivity index (χ2v) is 6.61. The molecule has 150 valence electrons. The highest BCUT2D eigenvalue weighted by atomic mass is 16.5. The topological polar surface area (TPSA) is 72.5 Å². The summed E-state index contributed by atoms with van der Waals surface area (Å²) in [5.41, 5.74) is 3.26. The summed E-state index contributed by atoms with van der Waals surface area (Å²) >= 11 is 0. The van der Waals surface area contributed by atoms with E-state index in [0.717, 1.165) is 30.0 Å². The fraction of sp³-hybridized carbons (Fsp3) is 0.217. The number of hydrogen-bond acceptors (Lipinski definition) is 5. The SMILES string of the molecule is COc1ccc(CCNc2ccc(NC(=O)COc3ccc(C)cc3)nc2)cc1. The van der Waals surface area contributed by atoms with Gasteiger partial charge in [0.05, 0.1) is 19.0 Å². The monoisotopic (exact) mass is 391 g/mol. The van der Waals surface area contributed by atoms with E-state index < -0.39 is 0 Å². The first-order chi connectivity index (χ1) is 14.1. The lowest BCUT2D eigenvalue weighted by molar-refractivity contribution is -0.118. The van der Waals surface area contributed by atoms with Crippen LogP contribution >= 0.6 is 0 Å². The van der Waals surface area contributed by atoms with Crippen molar-refractivity contribution in [2.45, 2.75) is 13.3 Å². The summed E-state index contributed by atoms with van der Waals surface area (Å²) in [5, 5.41) is 6.05. The molecular formula is C23H25N3O3. The van der Waals surface area contributed by atoms with Crippen molar-refractivity contribution in [1.82, 2.24) is 4.98 Å². The Morgan fingerprint density at radius 3 is 2.34 bits per heavy atom. The van der Waals surface area contributed by atoms with E-state index in [1.54, 1.807) is 19.4 Å². The quantitative estimate of drug-likeness (QED) is 0.575. The maximum Gasteiger partial charge on any atom is 0.263 e. The first kappa shape index (κ1) is 20.2. The van der Waals surface area contributed by atoms with Crippen molar-refractivity contribution in [1.29, 1.82) is 0 Å². The van der Waals surface area contributed by atoms with Crippen LogP contribution in [0.4, 0.5) is 11.5 Å². The number of aromatic nitrogens is 1. The molecule has 3 aromatic rings. The fourth-order valence-electron chi connectivity index (χ4n) is 2.68. The van der Waals surface area contributed by atoms with E-state index in [1.165, 1.54) is 5.56 Å². The number of carbonyl (C=O) groups excluding carboxylic acids is 1. The molecule has 2 N–H and O–H groups in total. The van der Waals surface area contributed by atoms with Crippen molar-refractivity contribution < 1.29 is 14.3 Å². The molecule has 3 rings (SSSR count). The minimum absolute atomic E-state index is 0.0629. The van der Waals surface area contributed by atoms with Crippen molar-refractivity contribution in [3.8, 4) is 11.5 Å². The van der Waals surface area contributed by atoms with Gasteiger partial charge in [0.25, 0.3) is 5.91 Å². The summed E-state index contributed by atoms with van der Waals surface area (Å²) in [6, 6.07) is 19.2. The van der Waals surface area contributed by atoms with Crippen LogP contribution < -0.4 is 20.1 Å². The largest absolute Gasteiger partial charge is 0.497 e. The normalized spacial score (nSPS) is 10.3. The van der Waals surface area contributed by atoms with E-state index in [9.17, 15) is 4.79 Å². The van der Waals surface area contributed by atoms with Gasteiger partial charge in [-0.15, -0.1) is 0 Å². The smallest absolute Gasteiger partial charge is 0.263 e. The molecule has 6 heteroatoms. The van der Waals surface area contributed by atoms with Gasteiger partial charge in [-0.05, 0) is 55.3 Å². The zero-order valence-electron chi connectivity index (χ0n) is 16.6. The first-order valence-electron chi connectivity index (χ1n) is 9.44. The fourth-order valence-corrected chi connectivity index (χ4v) is 2.68. The Bertz CT molecular complexity index is 908. The minimum Gasteiger partial charge on any atom is -0.497 e. The summed E-state index contributed by atoms with van der Waals surface area (Å²) < 4.78 is 10.6. The van der Waals surface area contributed by atoms with Crippen LogP contribution in [0.2, 0.25) is 0 Å². The lowest BCUT2D eigenvalue weighted by Gasteiger charge is -2.09. The van der Waals surface area contributed by atoms with Crippen LogP contribution in [-0.4, -0.2) is 31.2 Å². The number of nitrogens with one attached hydrogen (secondary N) is 2. The standard InChI is InChI=1S/C23H25N3O3/c1-17-3-8-21(9-4-17)29-16-23(27)26-22-12-7-19(15-25-22)24-14-13-18-5-10-20(28-2)11-6-18/h3-12,15,24H,13-14,16H2,1-2H3,(H,25,26,27). The molecule has 0 aliphatic heterocycles. The van der Waals surface area contributed by atoms with Crippen LogP contribution in [0.3, 0.4) is 0 Å². The lowest BCUT2D eigenvalue weighted by Crippen LogP contribution is -2.20. The summed E-state index contributed by atoms with van der Waals surface area (Å²) in [6.45, 7) is 2.72. The Kier molecular flexibility index (Phi) is 7.05. The molecule has 0 saturated carbocycles. The Morgan fingerprint density at radius 1 is 0.966 bits per heavy atom. The average Bonchev–Trinajstić information content (AvgIpc) is 2.75. The van der Waals surface area contributed by atoms with Crippen molar-refractivity contribution >= 4 is 17.4 Å². The molecule has 29 heavy (non-hydrogen) atoms. The number of hydrogen-bond donors (Lipinski definition) is 2. The average molecular weight is 391 g/mol. The molecule has 1 amide bonds. The number of carbonyl (C=O) groups is 1. The van der Waals surface area contributed by atoms with Crippen LogP contribution in [0.25, 0.3) is 0 Å². The van der Waals surface area contributed by atoms with Gasteiger partial charge in [-0.1, -0.05) is 29.8 Å². The van der Waals surface area contributed by atoms with Gasteiger partial charge in [0.15, 0.2) is 6.61 Å². The Balaban J connectivity index is 1.40. The summed E-state index contributed by atoms with van der Waals surface area (Å²) in [6.07, 6.45) is 2.59. The number of amides is 1. The van der Waals surface area contributed by atoms with E-state index in [-0.39, 0.29) is 12.5 Å². The van der Waals surface area contributed by atoms with Crippen LogP contribution in [0.1, 0.15) is 11.1 Å². The van der Waals surface area contributed by atoms with Gasteiger partial charge >= 0.3 is 0 Å². The molecule has 0 fully saturated rings. The third-order valence-corrected chi connectivity index (χ3v) is 4.32. The molecule has 2 aromatic carbocycles. The minimum atomic E-state index is -0.252. The Hall–Kier alpha value is -3.54. The number of benzene rings is 2. The summed E-state index contributed by atoms with van der Waals surface area (Å²) in [7, 11) is 1.66. The molecule has 0 aliphatic rings. The predicted octanol–water partition coefficient (Wildman–Crippen LogP) is 4.07. The molecule has 1 heterocycles. The number of aryl methyl sites for hydroxylation is 1. The molecule has 6 nitrogen and oxygen atoms in total. The zero-order valence-corrected chi connectivity index (χ0v) is 16.6. The zero-order chi connectivity index (χ0) is 20.5. The molecule has 0 radical (unpaired) electrons. The number of pyridine rings is 1. The molecule has 0 atom stereocenters. The van der Waals surface area contributed by atoms with Gasteiger partial charge in [-0.2, -0.15) is 0 Å². The van der Waals surface area contributed by atoms with E-state index in [2.05, 4.69) is 27.8 Å². The molecule has 0 saturated heterocycles. The number of nitrogens with zero attached hydrogens (tertiary/aromatic N) is 1. The molecule has 0 bridgehead atoms. The highest BCUT2D eigenvalue weighted by Gasteiger charge is 2.05. The van der Waals surface area contributed by atoms with E-state index >= 15 is 0 Å². The molecule has 0 aliphatic carbocycles. The third-order valence-electron chi connectivity index (χ3n) is 4.32. The van der Waals surface area contributed by atoms with Crippen molar-refractivity contribution in [2.24, 2.45) is 0 Å². The number of ether oxygens (including phenoxy) is 2. The molecule has 0 spiro atoms. The van der Waals surface area contributed by atoms with Crippen molar-refractivity contribution in [2.75, 3.05) is 30.9 Å². The third kappa shape index (κ3) is 6.53. The van der Waals surface area contributed by atoms with Gasteiger partial charge in [0.2, 0.25) is 0 Å².